The summed E-state index contributed by atoms with van der Waals surface area (Å²) in [5.41, 5.74) is 0. The fraction of sp³-hybridized carbons (Fsp3) is 0.0769. The summed E-state index contributed by atoms with van der Waals surface area (Å²) in [5.74, 6) is 0. The van der Waals surface area contributed by atoms with Crippen molar-refractivity contribution in [2.75, 3.05) is 6.16 Å². The zero-order valence-corrected chi connectivity index (χ0v) is 26.6. The van der Waals surface area contributed by atoms with Crippen LogP contribution in [0.5, 0.6) is 0 Å². The van der Waals surface area contributed by atoms with Gasteiger partial charge in [0.15, 0.2) is 0 Å². The maximum atomic E-state index is 6.39. The molecular weight excluding hydrogens is 589 g/mol. The van der Waals surface area contributed by atoms with Gasteiger partial charge in [-0.2, -0.15) is 0 Å². The molecule has 3 heteroatoms. The van der Waals surface area contributed by atoms with E-state index in [-0.39, 0.29) is 4.63 Å². The van der Waals surface area contributed by atoms with Crippen molar-refractivity contribution in [2.45, 2.75) is 11.0 Å². The third-order valence-electron chi connectivity index (χ3n) is 8.69. The van der Waals surface area contributed by atoms with E-state index in [0.29, 0.717) is 0 Å². The van der Waals surface area contributed by atoms with Crippen molar-refractivity contribution in [3.63, 3.8) is 0 Å². The van der Waals surface area contributed by atoms with Gasteiger partial charge in [-0.3, -0.25) is 0 Å². The van der Waals surface area contributed by atoms with Gasteiger partial charge in [0.25, 0.3) is 0 Å². The normalized spacial score (nSPS) is 13.3. The van der Waals surface area contributed by atoms with Crippen LogP contribution < -0.4 is 31.8 Å². The molecular formula is C39H37NiP2. The summed E-state index contributed by atoms with van der Waals surface area (Å²) in [6.45, 7) is 0. The summed E-state index contributed by atoms with van der Waals surface area (Å²) in [7, 11) is -4.98. The molecule has 0 N–H and O–H groups in total. The first kappa shape index (κ1) is 28.8. The summed E-state index contributed by atoms with van der Waals surface area (Å²) in [6.07, 6.45) is 2.02. The summed E-state index contributed by atoms with van der Waals surface area (Å²) < 4.78 is 0.0905. The van der Waals surface area contributed by atoms with Gasteiger partial charge in [0, 0.05) is 0 Å². The number of hydrogen-bond acceptors (Lipinski definition) is 0. The molecule has 0 nitrogen and oxygen atoms in total. The molecule has 0 aliphatic heterocycles. The first-order valence-electron chi connectivity index (χ1n) is 14.7. The molecule has 42 heavy (non-hydrogen) atoms. The SMILES string of the molecule is [Ni][CH](CC[PH](c1ccccc1)(c1ccccc1)c1ccccc1)[PH](c1ccccc1)(c1ccccc1)c1ccccc1. The molecule has 0 amide bonds. The van der Waals surface area contributed by atoms with Gasteiger partial charge in [0.2, 0.25) is 0 Å². The molecule has 0 aromatic heterocycles. The van der Waals surface area contributed by atoms with Crippen molar-refractivity contribution >= 4 is 46.4 Å². The van der Waals surface area contributed by atoms with Gasteiger partial charge >= 0.3 is 261 Å². The Morgan fingerprint density at radius 2 is 0.595 bits per heavy atom. The fourth-order valence-electron chi connectivity index (χ4n) is 6.77. The summed E-state index contributed by atoms with van der Waals surface area (Å²) >= 11 is 6.39. The van der Waals surface area contributed by atoms with Gasteiger partial charge in [-0.05, 0) is 0 Å². The van der Waals surface area contributed by atoms with E-state index in [4.69, 9.17) is 15.5 Å². The average molecular weight is 626 g/mol. The second-order valence-corrected chi connectivity index (χ2v) is 20.1. The Hall–Kier alpha value is -3.33. The average Bonchev–Trinajstić information content (AvgIpc) is 3.08. The Morgan fingerprint density at radius 1 is 0.357 bits per heavy atom. The molecule has 0 radical (unpaired) electrons. The van der Waals surface area contributed by atoms with E-state index in [1.165, 1.54) is 31.8 Å². The molecule has 0 aliphatic rings. The Labute approximate surface area is 259 Å². The number of benzene rings is 6. The van der Waals surface area contributed by atoms with Gasteiger partial charge < -0.3 is 0 Å². The Morgan fingerprint density at radius 3 is 0.857 bits per heavy atom. The van der Waals surface area contributed by atoms with Gasteiger partial charge in [0.05, 0.1) is 0 Å². The van der Waals surface area contributed by atoms with E-state index in [1.807, 2.05) is 0 Å². The molecule has 0 fully saturated rings. The summed E-state index contributed by atoms with van der Waals surface area (Å²) in [6, 6.07) is 67.2. The van der Waals surface area contributed by atoms with Crippen molar-refractivity contribution < 1.29 is 15.5 Å². The first-order chi connectivity index (χ1) is 20.8. The van der Waals surface area contributed by atoms with Crippen LogP contribution in [0.15, 0.2) is 182 Å². The predicted molar refractivity (Wildman–Crippen MR) is 186 cm³/mol. The van der Waals surface area contributed by atoms with E-state index in [1.54, 1.807) is 0 Å². The summed E-state index contributed by atoms with van der Waals surface area (Å²) in [5, 5.41) is 8.52. The molecule has 0 heterocycles. The third-order valence-corrected chi connectivity index (χ3v) is 20.2. The van der Waals surface area contributed by atoms with E-state index < -0.39 is 14.5 Å². The van der Waals surface area contributed by atoms with Crippen LogP contribution in [0.1, 0.15) is 6.42 Å². The second-order valence-electron chi connectivity index (χ2n) is 10.9. The van der Waals surface area contributed by atoms with E-state index in [2.05, 4.69) is 182 Å². The predicted octanol–water partition coefficient (Wildman–Crippen LogP) is 6.70. The number of hydrogen-bond donors (Lipinski definition) is 0. The molecule has 1 unspecified atom stereocenters. The molecule has 0 saturated heterocycles. The van der Waals surface area contributed by atoms with Crippen LogP contribution in [-0.4, -0.2) is 10.8 Å². The summed E-state index contributed by atoms with van der Waals surface area (Å²) in [4.78, 5) is 0. The Kier molecular flexibility index (Phi) is 9.13. The first-order valence-corrected chi connectivity index (χ1v) is 19.6. The fourth-order valence-corrected chi connectivity index (χ4v) is 18.5. The molecule has 6 aromatic carbocycles. The van der Waals surface area contributed by atoms with E-state index in [0.717, 1.165) is 12.6 Å². The van der Waals surface area contributed by atoms with Gasteiger partial charge in [-0.15, -0.1) is 0 Å². The van der Waals surface area contributed by atoms with Crippen LogP contribution in [0.2, 0.25) is 0 Å². The van der Waals surface area contributed by atoms with Crippen molar-refractivity contribution in [1.82, 2.24) is 0 Å². The van der Waals surface area contributed by atoms with Gasteiger partial charge in [-0.25, -0.2) is 0 Å². The van der Waals surface area contributed by atoms with Crippen molar-refractivity contribution in [3.8, 4) is 0 Å². The maximum absolute atomic E-state index is 6.39. The van der Waals surface area contributed by atoms with Crippen LogP contribution in [0.25, 0.3) is 0 Å². The topological polar surface area (TPSA) is 0 Å². The van der Waals surface area contributed by atoms with E-state index >= 15 is 0 Å². The Bertz CT molecular complexity index is 1470. The monoisotopic (exact) mass is 625 g/mol. The quantitative estimate of drug-likeness (QED) is 0.117. The molecule has 1 atom stereocenters. The molecule has 0 bridgehead atoms. The molecule has 6 aromatic rings. The van der Waals surface area contributed by atoms with Gasteiger partial charge in [0.1, 0.15) is 0 Å². The zero-order valence-electron chi connectivity index (χ0n) is 23.6. The van der Waals surface area contributed by atoms with E-state index in [9.17, 15) is 0 Å². The standard InChI is InChI=1S/C39H37P2.Ni/c1-7-20-34(21-8-1)40(35-22-9-2-10-23-35,36-24-11-3-12-25-36)32-19-33-41(37-26-13-4-14-27-37,38-28-15-5-16-29-38)39-30-17-6-18-31-39;/h1-18,20-32,40-41H,19,33H2;. The zero-order chi connectivity index (χ0) is 28.7. The molecule has 0 saturated carbocycles. The minimum absolute atomic E-state index is 0.0905. The van der Waals surface area contributed by atoms with Crippen molar-refractivity contribution in [1.29, 1.82) is 0 Å². The van der Waals surface area contributed by atoms with Crippen LogP contribution in [-0.2, 0) is 15.5 Å². The van der Waals surface area contributed by atoms with Crippen molar-refractivity contribution in [2.24, 2.45) is 0 Å². The second kappa shape index (κ2) is 13.3. The number of rotatable bonds is 10. The third kappa shape index (κ3) is 5.43. The van der Waals surface area contributed by atoms with Gasteiger partial charge in [-0.1, -0.05) is 0 Å². The van der Waals surface area contributed by atoms with Crippen LogP contribution >= 0.6 is 14.5 Å². The van der Waals surface area contributed by atoms with Crippen LogP contribution in [0.3, 0.4) is 0 Å². The molecule has 6 rings (SSSR count). The molecule has 0 aliphatic carbocycles. The van der Waals surface area contributed by atoms with Crippen LogP contribution in [0, 0.1) is 0 Å². The molecule has 0 spiro atoms. The van der Waals surface area contributed by atoms with Crippen molar-refractivity contribution in [3.05, 3.63) is 182 Å². The van der Waals surface area contributed by atoms with Crippen LogP contribution in [0.4, 0.5) is 0 Å². The molecule has 213 valence electrons. The Balaban J connectivity index is 1.54. The minimum atomic E-state index is -2.57.